The Labute approximate surface area is 635 Å². The topological polar surface area (TPSA) is 522 Å². The lowest BCUT2D eigenvalue weighted by molar-refractivity contribution is -0.385. The molecule has 0 saturated heterocycles. The molecule has 0 bridgehead atoms. The van der Waals surface area contributed by atoms with Crippen molar-refractivity contribution in [3.8, 4) is 17.2 Å². The fourth-order valence-electron chi connectivity index (χ4n) is 9.74. The molecule has 5 rings (SSSR count). The monoisotopic (exact) mass is 1540 g/mol. The third-order valence-corrected chi connectivity index (χ3v) is 15.7. The Morgan fingerprint density at radius 1 is 0.491 bits per heavy atom. The van der Waals surface area contributed by atoms with Crippen LogP contribution >= 0.6 is 0 Å². The molecule has 10 amide bonds. The Kier molecular flexibility index (Phi) is 41.7. The molecule has 11 N–H and O–H groups in total. The van der Waals surface area contributed by atoms with Gasteiger partial charge in [0.1, 0.15) is 23.9 Å². The molecular formula is C73H96FN13O23. The lowest BCUT2D eigenvalue weighted by Crippen LogP contribution is -2.45. The van der Waals surface area contributed by atoms with Crippen LogP contribution in [0.15, 0.2) is 121 Å². The first-order valence-electron chi connectivity index (χ1n) is 35.0. The molecule has 110 heavy (non-hydrogen) atoms. The van der Waals surface area contributed by atoms with E-state index in [1.165, 1.54) is 82.6 Å². The molecule has 0 aromatic heterocycles. The van der Waals surface area contributed by atoms with Crippen LogP contribution in [0.5, 0.6) is 17.2 Å². The summed E-state index contributed by atoms with van der Waals surface area (Å²) in [4.78, 5) is 180. The number of rotatable bonds is 39. The van der Waals surface area contributed by atoms with Crippen LogP contribution < -0.4 is 57.6 Å². The number of aliphatic hydroxyl groups is 1. The maximum atomic E-state index is 13.4. The molecule has 0 aliphatic carbocycles. The van der Waals surface area contributed by atoms with Crippen LogP contribution in [0, 0.1) is 54.0 Å². The maximum absolute atomic E-state index is 13.4. The number of non-ortho nitro benzene ring substituents is 3. The number of hydrogen-bond donors (Lipinski definition) is 9. The Bertz CT molecular complexity index is 3830. The fourth-order valence-corrected chi connectivity index (χ4v) is 9.74. The van der Waals surface area contributed by atoms with E-state index in [0.29, 0.717) is 54.6 Å². The second-order valence-electron chi connectivity index (χ2n) is 25.3. The first kappa shape index (κ1) is 91.6. The second-order valence-corrected chi connectivity index (χ2v) is 25.3. The summed E-state index contributed by atoms with van der Waals surface area (Å²) in [6.45, 7) is 7.37. The predicted octanol–water partition coefficient (Wildman–Crippen LogP) is 8.88. The molecule has 0 fully saturated rings. The summed E-state index contributed by atoms with van der Waals surface area (Å²) in [5.74, 6) is -4.03. The van der Waals surface area contributed by atoms with Crippen LogP contribution in [0.25, 0.3) is 0 Å². The number of nitrogens with two attached hydrogens (primary N) is 2. The summed E-state index contributed by atoms with van der Waals surface area (Å²) in [6, 6.07) is 24.7. The van der Waals surface area contributed by atoms with Crippen molar-refractivity contribution in [3.63, 3.8) is 0 Å². The van der Waals surface area contributed by atoms with Gasteiger partial charge in [0.15, 0.2) is 11.6 Å². The number of hydrogen-bond acceptors (Lipinski definition) is 23. The van der Waals surface area contributed by atoms with Gasteiger partial charge in [0.2, 0.25) is 35.4 Å². The SMILES string of the molecule is CC(C)[C@H](NC(=O)CCCC(=O)N(C)C)C(=O)C[C@@H](CCCNC(N)=O)C(=O)Nc1ccc(CO)cc1.CC(C)[C@H](NC(=O)CCCC(=O)N(C)C)C(=O)C[C@@H](CCCNC(N)=O)C(=O)Nc1ccc(COC(=O)Oc2ccc([N+](=O)[O-])cc2)cc1.O=C(Oc1ccc([N+](=O)[O-])cc1)Oc1ccc([N+](=O)[O-])cc1.[2H]CF. The standard InChI is InChI=1S/C33H44N6O10.C26H41N5O6.C13H8N2O7.CH3F/c1-21(2)30(37-28(41)8-5-9-29(42)38(3)4)27(40)19-23(7-6-18-35-32(34)44)31(43)36-24-12-10-22(11-13-24)20-48-33(45)49-26-16-14-25(15-17-26)39(46)47;1-17(2)24(30-22(34)8-5-9-23(35)31(3)4)21(33)15-19(7-6-14-28-26(27)37)25(36)29-20-12-10-18(16-32)11-13-20;16-13(21-11-5-1-9(2-6-11)14(17)18)22-12-7-3-10(4-8-12)15(19)20;1-2/h10-17,21,23,30H,5-9,18-20H2,1-4H3,(H,36,43)(H,37,41)(H3,34,35,44);10-13,17,19,24,32H,5-9,14-16H2,1-4H3,(H,29,36)(H,30,34)(H3,27,28,37);1-8H;1H3/t23-,30+;19-,24+;;/m11../s1/i;;;1D. The van der Waals surface area contributed by atoms with Crippen molar-refractivity contribution >= 4 is 99.8 Å². The first-order valence-corrected chi connectivity index (χ1v) is 34.3. The van der Waals surface area contributed by atoms with Crippen molar-refractivity contribution in [2.24, 2.45) is 35.1 Å². The molecular weight excluding hydrogens is 1450 g/mol. The number of ether oxygens (including phenoxy) is 4. The molecule has 0 aliphatic rings. The largest absolute Gasteiger partial charge is 0.519 e. The normalized spacial score (nSPS) is 11.6. The Morgan fingerprint density at radius 2 is 0.809 bits per heavy atom. The quantitative estimate of drug-likeness (QED) is 0.00582. The van der Waals surface area contributed by atoms with E-state index >= 15 is 0 Å². The van der Waals surface area contributed by atoms with Crippen molar-refractivity contribution in [1.29, 1.82) is 0 Å². The minimum absolute atomic E-state index is 0.0671. The molecule has 0 unspecified atom stereocenters. The molecule has 0 aliphatic heterocycles. The van der Waals surface area contributed by atoms with Gasteiger partial charge in [-0.15, -0.1) is 0 Å². The van der Waals surface area contributed by atoms with E-state index < -0.39 is 76.1 Å². The maximum Gasteiger partial charge on any atom is 0.519 e. The van der Waals surface area contributed by atoms with Gasteiger partial charge in [-0.1, -0.05) is 52.0 Å². The number of anilines is 2. The van der Waals surface area contributed by atoms with Gasteiger partial charge in [-0.3, -0.25) is 73.1 Å². The van der Waals surface area contributed by atoms with Gasteiger partial charge in [-0.25, -0.2) is 19.2 Å². The van der Waals surface area contributed by atoms with Gasteiger partial charge < -0.3 is 77.2 Å². The van der Waals surface area contributed by atoms with E-state index in [1.54, 1.807) is 90.6 Å². The lowest BCUT2D eigenvalue weighted by Gasteiger charge is -2.24. The molecule has 36 nitrogen and oxygen atoms in total. The first-order chi connectivity index (χ1) is 52.5. The molecule has 37 heteroatoms. The van der Waals surface area contributed by atoms with Crippen LogP contribution in [0.3, 0.4) is 0 Å². The van der Waals surface area contributed by atoms with Crippen LogP contribution in [-0.2, 0) is 56.3 Å². The number of primary amides is 2. The highest BCUT2D eigenvalue weighted by molar-refractivity contribution is 5.99. The van der Waals surface area contributed by atoms with Crippen molar-refractivity contribution in [1.82, 2.24) is 31.1 Å². The number of carbonyl (C=O) groups excluding carboxylic acids is 12. The molecule has 0 heterocycles. The lowest BCUT2D eigenvalue weighted by atomic mass is 9.89. The van der Waals surface area contributed by atoms with E-state index in [2.05, 4.69) is 31.9 Å². The summed E-state index contributed by atoms with van der Waals surface area (Å²) in [5, 5.41) is 56.9. The van der Waals surface area contributed by atoms with E-state index in [4.69, 9.17) is 31.8 Å². The Morgan fingerprint density at radius 3 is 1.10 bits per heavy atom. The number of nitro benzene ring substituents is 3. The van der Waals surface area contributed by atoms with Gasteiger partial charge in [-0.2, -0.15) is 0 Å². The minimum atomic E-state index is -1.07. The Hall–Kier alpha value is -12.6. The zero-order chi connectivity index (χ0) is 83.3. The molecule has 5 aromatic rings. The highest BCUT2D eigenvalue weighted by Gasteiger charge is 2.32. The number of urea groups is 2. The van der Waals surface area contributed by atoms with Gasteiger partial charge in [0.05, 0.1) is 42.0 Å². The summed E-state index contributed by atoms with van der Waals surface area (Å²) in [7, 11) is 5.56. The molecule has 5 aromatic carbocycles. The minimum Gasteiger partial charge on any atom is -0.429 e. The Balaban J connectivity index is 0.000000591. The number of amides is 10. The number of carbonyl (C=O) groups is 12. The summed E-state index contributed by atoms with van der Waals surface area (Å²) in [5.41, 5.74) is 12.0. The van der Waals surface area contributed by atoms with Crippen molar-refractivity contribution in [2.75, 3.05) is 59.1 Å². The van der Waals surface area contributed by atoms with Crippen LogP contribution in [0.2, 0.25) is 0 Å². The number of nitrogens with zero attached hydrogens (tertiary/aromatic N) is 5. The van der Waals surface area contributed by atoms with Crippen molar-refractivity contribution in [2.45, 2.75) is 130 Å². The molecule has 0 saturated carbocycles. The molecule has 4 atom stereocenters. The number of halogens is 1. The van der Waals surface area contributed by atoms with E-state index in [9.17, 15) is 97.4 Å². The molecule has 0 radical (unpaired) electrons. The van der Waals surface area contributed by atoms with Gasteiger partial charge in [0.25, 0.3) is 17.1 Å². The zero-order valence-corrected chi connectivity index (χ0v) is 62.2. The van der Waals surface area contributed by atoms with Gasteiger partial charge in [-0.05, 0) is 122 Å². The predicted molar refractivity (Wildman–Crippen MR) is 398 cm³/mol. The molecule has 598 valence electrons. The van der Waals surface area contributed by atoms with Gasteiger partial charge >= 0.3 is 24.4 Å². The third-order valence-electron chi connectivity index (χ3n) is 15.7. The highest BCUT2D eigenvalue weighted by atomic mass is 19.1. The smallest absolute Gasteiger partial charge is 0.429 e. The number of nitrogens with one attached hydrogen (secondary N) is 6. The second kappa shape index (κ2) is 50.1. The fraction of sp³-hybridized carbons (Fsp3) is 0.425. The average molecular weight is 1540 g/mol. The number of aliphatic hydroxyl groups excluding tert-OH is 1. The van der Waals surface area contributed by atoms with E-state index in [0.717, 1.165) is 0 Å². The molecule has 0 spiro atoms. The third kappa shape index (κ3) is 37.6. The highest BCUT2D eigenvalue weighted by Crippen LogP contribution is 2.25. The number of benzene rings is 5. The van der Waals surface area contributed by atoms with Crippen LogP contribution in [0.1, 0.15) is 117 Å². The number of Topliss-reactive ketones (excluding diaryl/α,β-unsaturated/α-hetero) is 2. The summed E-state index contributed by atoms with van der Waals surface area (Å²) < 4.78 is 35.2. The average Bonchev–Trinajstić information content (AvgIpc) is 0.848. The van der Waals surface area contributed by atoms with Crippen LogP contribution in [-0.4, -0.2) is 162 Å². The number of ketones is 2. The summed E-state index contributed by atoms with van der Waals surface area (Å²) in [6.07, 6.45) is 0.318. The van der Waals surface area contributed by atoms with E-state index in [-0.39, 0.29) is 158 Å². The van der Waals surface area contributed by atoms with E-state index in [1.807, 2.05) is 13.8 Å². The van der Waals surface area contributed by atoms with Gasteiger partial charge in [0, 0.05) is 139 Å². The van der Waals surface area contributed by atoms with Crippen molar-refractivity contribution < 1.29 is 102 Å². The number of alkyl halides is 1. The van der Waals surface area contributed by atoms with Crippen LogP contribution in [0.4, 0.5) is 52.0 Å². The zero-order valence-electron chi connectivity index (χ0n) is 63.2. The van der Waals surface area contributed by atoms with Crippen molar-refractivity contribution in [3.05, 3.63) is 163 Å². The number of nitro groups is 3. The summed E-state index contributed by atoms with van der Waals surface area (Å²) >= 11 is 0.